The van der Waals surface area contributed by atoms with Gasteiger partial charge in [0.1, 0.15) is 0 Å². The Bertz CT molecular complexity index is 441. The van der Waals surface area contributed by atoms with Crippen LogP contribution in [0.1, 0.15) is 45.6 Å². The maximum absolute atomic E-state index is 6.31. The number of benzene rings is 1. The van der Waals surface area contributed by atoms with E-state index < -0.39 is 0 Å². The lowest BCUT2D eigenvalue weighted by Crippen LogP contribution is -2.16. The summed E-state index contributed by atoms with van der Waals surface area (Å²) in [5.41, 5.74) is 1.09. The average Bonchev–Trinajstić information content (AvgIpc) is 2.53. The molecule has 0 saturated heterocycles. The fourth-order valence-corrected chi connectivity index (χ4v) is 2.44. The van der Waals surface area contributed by atoms with E-state index in [1.54, 1.807) is 0 Å². The zero-order valence-corrected chi connectivity index (χ0v) is 15.4. The molecule has 0 bridgehead atoms. The van der Waals surface area contributed by atoms with E-state index in [9.17, 15) is 0 Å². The highest BCUT2D eigenvalue weighted by molar-refractivity contribution is 6.32. The van der Waals surface area contributed by atoms with Gasteiger partial charge in [0, 0.05) is 19.8 Å². The van der Waals surface area contributed by atoms with E-state index in [2.05, 4.69) is 12.2 Å². The molecule has 0 aromatic heterocycles. The van der Waals surface area contributed by atoms with Gasteiger partial charge in [0.25, 0.3) is 0 Å². The molecule has 132 valence electrons. The molecule has 5 heteroatoms. The predicted octanol–water partition coefficient (Wildman–Crippen LogP) is 4.43. The molecule has 0 atom stereocenters. The van der Waals surface area contributed by atoms with Gasteiger partial charge in [-0.3, -0.25) is 0 Å². The van der Waals surface area contributed by atoms with Crippen LogP contribution in [0.4, 0.5) is 0 Å². The van der Waals surface area contributed by atoms with Crippen molar-refractivity contribution >= 4 is 11.6 Å². The second-order valence-corrected chi connectivity index (χ2v) is 5.67. The minimum atomic E-state index is 0.565. The van der Waals surface area contributed by atoms with Crippen molar-refractivity contribution in [1.82, 2.24) is 5.32 Å². The Balaban J connectivity index is 2.41. The first-order chi connectivity index (χ1) is 11.2. The van der Waals surface area contributed by atoms with Gasteiger partial charge in [-0.25, -0.2) is 0 Å². The van der Waals surface area contributed by atoms with Gasteiger partial charge in [-0.15, -0.1) is 0 Å². The molecule has 0 heterocycles. The van der Waals surface area contributed by atoms with Gasteiger partial charge in [-0.2, -0.15) is 0 Å². The van der Waals surface area contributed by atoms with E-state index in [1.165, 1.54) is 6.42 Å². The molecule has 0 saturated carbocycles. The van der Waals surface area contributed by atoms with Crippen molar-refractivity contribution in [3.05, 3.63) is 22.7 Å². The fourth-order valence-electron chi connectivity index (χ4n) is 2.15. The number of hydrogen-bond donors (Lipinski definition) is 1. The quantitative estimate of drug-likeness (QED) is 0.538. The molecular formula is C18H30ClNO3. The lowest BCUT2D eigenvalue weighted by atomic mass is 10.2. The molecule has 4 nitrogen and oxygen atoms in total. The highest BCUT2D eigenvalue weighted by atomic mass is 35.5. The first-order valence-corrected chi connectivity index (χ1v) is 8.97. The van der Waals surface area contributed by atoms with E-state index in [1.807, 2.05) is 26.0 Å². The summed E-state index contributed by atoms with van der Waals surface area (Å²) in [5, 5.41) is 4.00. The zero-order chi connectivity index (χ0) is 16.9. The maximum Gasteiger partial charge on any atom is 0.179 e. The van der Waals surface area contributed by atoms with E-state index in [-0.39, 0.29) is 0 Å². The van der Waals surface area contributed by atoms with E-state index in [4.69, 9.17) is 25.8 Å². The van der Waals surface area contributed by atoms with Gasteiger partial charge < -0.3 is 19.5 Å². The van der Waals surface area contributed by atoms with Crippen molar-refractivity contribution < 1.29 is 14.2 Å². The fraction of sp³-hybridized carbons (Fsp3) is 0.667. The van der Waals surface area contributed by atoms with Crippen molar-refractivity contribution in [3.63, 3.8) is 0 Å². The van der Waals surface area contributed by atoms with Gasteiger partial charge in [0.2, 0.25) is 0 Å². The largest absolute Gasteiger partial charge is 0.490 e. The highest BCUT2D eigenvalue weighted by Gasteiger charge is 2.12. The SMILES string of the molecule is CCCCOCCCNCc1cc(Cl)c(OCC)c(OCC)c1. The van der Waals surface area contributed by atoms with E-state index in [0.717, 1.165) is 44.7 Å². The van der Waals surface area contributed by atoms with Crippen molar-refractivity contribution in [3.8, 4) is 11.5 Å². The molecule has 1 N–H and O–H groups in total. The molecular weight excluding hydrogens is 314 g/mol. The Morgan fingerprint density at radius 3 is 2.43 bits per heavy atom. The summed E-state index contributed by atoms with van der Waals surface area (Å²) >= 11 is 6.31. The van der Waals surface area contributed by atoms with Gasteiger partial charge in [0.05, 0.1) is 18.2 Å². The Morgan fingerprint density at radius 2 is 1.74 bits per heavy atom. The Kier molecular flexibility index (Phi) is 10.9. The van der Waals surface area contributed by atoms with Crippen molar-refractivity contribution in [1.29, 1.82) is 0 Å². The van der Waals surface area contributed by atoms with Gasteiger partial charge in [0.15, 0.2) is 11.5 Å². The van der Waals surface area contributed by atoms with Crippen LogP contribution in [0.2, 0.25) is 5.02 Å². The summed E-state index contributed by atoms with van der Waals surface area (Å²) in [4.78, 5) is 0. The lowest BCUT2D eigenvalue weighted by Gasteiger charge is -2.14. The third-order valence-electron chi connectivity index (χ3n) is 3.27. The minimum Gasteiger partial charge on any atom is -0.490 e. The van der Waals surface area contributed by atoms with Crippen LogP contribution >= 0.6 is 11.6 Å². The van der Waals surface area contributed by atoms with Crippen LogP contribution in [0.5, 0.6) is 11.5 Å². The predicted molar refractivity (Wildman–Crippen MR) is 95.8 cm³/mol. The summed E-state index contributed by atoms with van der Waals surface area (Å²) < 4.78 is 16.7. The second kappa shape index (κ2) is 12.5. The van der Waals surface area contributed by atoms with Crippen molar-refractivity contribution in [2.24, 2.45) is 0 Å². The summed E-state index contributed by atoms with van der Waals surface area (Å²) in [6.45, 7) is 10.5. The van der Waals surface area contributed by atoms with Crippen molar-refractivity contribution in [2.75, 3.05) is 33.0 Å². The topological polar surface area (TPSA) is 39.7 Å². The number of halogens is 1. The number of ether oxygens (including phenoxy) is 3. The van der Waals surface area contributed by atoms with Crippen LogP contribution in [0.3, 0.4) is 0 Å². The van der Waals surface area contributed by atoms with E-state index >= 15 is 0 Å². The molecule has 0 unspecified atom stereocenters. The molecule has 23 heavy (non-hydrogen) atoms. The smallest absolute Gasteiger partial charge is 0.179 e. The normalized spacial score (nSPS) is 10.8. The molecule has 1 rings (SSSR count). The minimum absolute atomic E-state index is 0.565. The van der Waals surface area contributed by atoms with Gasteiger partial charge >= 0.3 is 0 Å². The molecule has 0 amide bonds. The Labute approximate surface area is 145 Å². The monoisotopic (exact) mass is 343 g/mol. The molecule has 1 aromatic carbocycles. The molecule has 0 radical (unpaired) electrons. The van der Waals surface area contributed by atoms with Crippen molar-refractivity contribution in [2.45, 2.75) is 46.6 Å². The number of rotatable bonds is 13. The summed E-state index contributed by atoms with van der Waals surface area (Å²) in [6, 6.07) is 3.92. The van der Waals surface area contributed by atoms with Crippen LogP contribution in [-0.4, -0.2) is 33.0 Å². The average molecular weight is 344 g/mol. The first-order valence-electron chi connectivity index (χ1n) is 8.59. The maximum atomic E-state index is 6.31. The first kappa shape index (κ1) is 20.1. The Hall–Kier alpha value is -0.970. The second-order valence-electron chi connectivity index (χ2n) is 5.27. The highest BCUT2D eigenvalue weighted by Crippen LogP contribution is 2.36. The summed E-state index contributed by atoms with van der Waals surface area (Å²) in [7, 11) is 0. The molecule has 0 aliphatic carbocycles. The third-order valence-corrected chi connectivity index (χ3v) is 3.55. The summed E-state index contributed by atoms with van der Waals surface area (Å²) in [6.07, 6.45) is 3.32. The van der Waals surface area contributed by atoms with Crippen LogP contribution < -0.4 is 14.8 Å². The number of nitrogens with one attached hydrogen (secondary N) is 1. The summed E-state index contributed by atoms with van der Waals surface area (Å²) in [5.74, 6) is 1.34. The van der Waals surface area contributed by atoms with Gasteiger partial charge in [-0.05, 0) is 50.9 Å². The van der Waals surface area contributed by atoms with Crippen LogP contribution in [0.25, 0.3) is 0 Å². The van der Waals surface area contributed by atoms with Crippen LogP contribution in [0.15, 0.2) is 12.1 Å². The molecule has 0 fully saturated rings. The molecule has 0 aliphatic rings. The molecule has 0 aliphatic heterocycles. The standard InChI is InChI=1S/C18H30ClNO3/c1-4-7-10-21-11-8-9-20-14-15-12-16(19)18(23-6-3)17(13-15)22-5-2/h12-13,20H,4-11,14H2,1-3H3. The molecule has 0 spiro atoms. The van der Waals surface area contributed by atoms with Gasteiger partial charge in [-0.1, -0.05) is 24.9 Å². The van der Waals surface area contributed by atoms with E-state index in [0.29, 0.717) is 29.7 Å². The third kappa shape index (κ3) is 7.91. The van der Waals surface area contributed by atoms with Crippen LogP contribution in [-0.2, 0) is 11.3 Å². The lowest BCUT2D eigenvalue weighted by molar-refractivity contribution is 0.129. The number of hydrogen-bond acceptors (Lipinski definition) is 4. The molecule has 1 aromatic rings. The Morgan fingerprint density at radius 1 is 1.00 bits per heavy atom. The zero-order valence-electron chi connectivity index (χ0n) is 14.6. The van der Waals surface area contributed by atoms with Crippen LogP contribution in [0, 0.1) is 0 Å². The number of unbranched alkanes of at least 4 members (excludes halogenated alkanes) is 1.